The number of benzene rings is 1. The van der Waals surface area contributed by atoms with Gasteiger partial charge in [-0.25, -0.2) is 0 Å². The van der Waals surface area contributed by atoms with Crippen molar-refractivity contribution in [2.45, 2.75) is 32.9 Å². The minimum absolute atomic E-state index is 0.412. The molecular formula is C15H22N2. The van der Waals surface area contributed by atoms with Crippen LogP contribution in [0.1, 0.15) is 31.4 Å². The molecule has 1 aromatic carbocycles. The summed E-state index contributed by atoms with van der Waals surface area (Å²) in [6.45, 7) is 5.80. The molecule has 0 saturated heterocycles. The van der Waals surface area contributed by atoms with E-state index in [4.69, 9.17) is 5.73 Å². The zero-order valence-electron chi connectivity index (χ0n) is 11.0. The average molecular weight is 230 g/mol. The van der Waals surface area contributed by atoms with Crippen LogP contribution in [-0.4, -0.2) is 24.5 Å². The van der Waals surface area contributed by atoms with Crippen LogP contribution in [0, 0.1) is 11.8 Å². The molecule has 2 N–H and O–H groups in total. The molecule has 0 radical (unpaired) electrons. The molecular weight excluding hydrogens is 208 g/mol. The highest BCUT2D eigenvalue weighted by Crippen LogP contribution is 2.12. The first kappa shape index (κ1) is 13.8. The lowest BCUT2D eigenvalue weighted by Gasteiger charge is -2.24. The molecule has 0 aliphatic heterocycles. The van der Waals surface area contributed by atoms with Gasteiger partial charge in [0.1, 0.15) is 0 Å². The van der Waals surface area contributed by atoms with Crippen molar-refractivity contribution in [3.8, 4) is 11.8 Å². The van der Waals surface area contributed by atoms with Gasteiger partial charge < -0.3 is 5.73 Å². The maximum absolute atomic E-state index is 5.41. The molecule has 0 bridgehead atoms. The molecule has 0 amide bonds. The van der Waals surface area contributed by atoms with Gasteiger partial charge in [0, 0.05) is 18.2 Å². The van der Waals surface area contributed by atoms with Crippen LogP contribution in [0.15, 0.2) is 24.3 Å². The average Bonchev–Trinajstić information content (AvgIpc) is 2.36. The summed E-state index contributed by atoms with van der Waals surface area (Å²) in [7, 11) is 2.15. The van der Waals surface area contributed by atoms with E-state index in [1.165, 1.54) is 5.56 Å². The minimum Gasteiger partial charge on any atom is -0.320 e. The van der Waals surface area contributed by atoms with E-state index >= 15 is 0 Å². The topological polar surface area (TPSA) is 29.3 Å². The van der Waals surface area contributed by atoms with Crippen molar-refractivity contribution in [1.82, 2.24) is 4.90 Å². The van der Waals surface area contributed by atoms with E-state index in [1.54, 1.807) is 0 Å². The molecule has 0 heterocycles. The summed E-state index contributed by atoms with van der Waals surface area (Å²) in [6, 6.07) is 8.87. The number of rotatable bonds is 4. The fraction of sp³-hybridized carbons (Fsp3) is 0.467. The normalized spacial score (nSPS) is 12.1. The van der Waals surface area contributed by atoms with Crippen LogP contribution in [0.3, 0.4) is 0 Å². The molecule has 1 rings (SSSR count). The molecule has 0 aliphatic rings. The van der Waals surface area contributed by atoms with Crippen molar-refractivity contribution in [3.05, 3.63) is 35.4 Å². The summed E-state index contributed by atoms with van der Waals surface area (Å²) < 4.78 is 0. The van der Waals surface area contributed by atoms with Gasteiger partial charge >= 0.3 is 0 Å². The smallest absolute Gasteiger partial charge is 0.0555 e. The van der Waals surface area contributed by atoms with Gasteiger partial charge in [0.15, 0.2) is 0 Å². The second-order valence-electron chi connectivity index (χ2n) is 4.34. The van der Waals surface area contributed by atoms with Crippen LogP contribution in [0.4, 0.5) is 0 Å². The largest absolute Gasteiger partial charge is 0.320 e. The summed E-state index contributed by atoms with van der Waals surface area (Å²) in [4.78, 5) is 2.35. The molecule has 2 heteroatoms. The Morgan fingerprint density at radius 1 is 1.35 bits per heavy atom. The molecule has 2 nitrogen and oxygen atoms in total. The van der Waals surface area contributed by atoms with E-state index in [1.807, 2.05) is 6.07 Å². The molecule has 1 aromatic rings. The quantitative estimate of drug-likeness (QED) is 0.804. The summed E-state index contributed by atoms with van der Waals surface area (Å²) in [5.41, 5.74) is 7.78. The van der Waals surface area contributed by atoms with Crippen LogP contribution in [-0.2, 0) is 6.54 Å². The molecule has 92 valence electrons. The van der Waals surface area contributed by atoms with Crippen molar-refractivity contribution >= 4 is 0 Å². The molecule has 17 heavy (non-hydrogen) atoms. The van der Waals surface area contributed by atoms with Crippen LogP contribution in [0.25, 0.3) is 0 Å². The van der Waals surface area contributed by atoms with Gasteiger partial charge in [-0.3, -0.25) is 4.90 Å². The van der Waals surface area contributed by atoms with Gasteiger partial charge in [-0.05, 0) is 32.0 Å². The maximum atomic E-state index is 5.41. The van der Waals surface area contributed by atoms with Gasteiger partial charge in [0.2, 0.25) is 0 Å². The van der Waals surface area contributed by atoms with E-state index < -0.39 is 0 Å². The first-order chi connectivity index (χ1) is 8.19. The van der Waals surface area contributed by atoms with E-state index in [2.05, 4.69) is 55.8 Å². The van der Waals surface area contributed by atoms with Gasteiger partial charge in [0.05, 0.1) is 6.54 Å². The second-order valence-corrected chi connectivity index (χ2v) is 4.34. The molecule has 0 aromatic heterocycles. The number of hydrogen-bond acceptors (Lipinski definition) is 2. The SMILES string of the molecule is CCC(C)N(C)Cc1ccccc1C#CCN. The van der Waals surface area contributed by atoms with E-state index in [-0.39, 0.29) is 0 Å². The van der Waals surface area contributed by atoms with Gasteiger partial charge in [-0.2, -0.15) is 0 Å². The Balaban J connectivity index is 2.83. The number of hydrogen-bond donors (Lipinski definition) is 1. The van der Waals surface area contributed by atoms with Crippen LogP contribution < -0.4 is 5.73 Å². The summed E-state index contributed by atoms with van der Waals surface area (Å²) in [5.74, 6) is 6.05. The van der Waals surface area contributed by atoms with Crippen molar-refractivity contribution in [1.29, 1.82) is 0 Å². The highest BCUT2D eigenvalue weighted by Gasteiger charge is 2.08. The van der Waals surface area contributed by atoms with E-state index in [0.717, 1.165) is 18.5 Å². The van der Waals surface area contributed by atoms with Crippen molar-refractivity contribution in [2.75, 3.05) is 13.6 Å². The van der Waals surface area contributed by atoms with Gasteiger partial charge in [0.25, 0.3) is 0 Å². The fourth-order valence-corrected chi connectivity index (χ4v) is 1.66. The molecule has 0 saturated carbocycles. The Morgan fingerprint density at radius 2 is 2.06 bits per heavy atom. The lowest BCUT2D eigenvalue weighted by molar-refractivity contribution is 0.243. The molecule has 0 aliphatic carbocycles. The van der Waals surface area contributed by atoms with Gasteiger partial charge in [-0.15, -0.1) is 0 Å². The first-order valence-corrected chi connectivity index (χ1v) is 6.16. The van der Waals surface area contributed by atoms with Crippen LogP contribution in [0.5, 0.6) is 0 Å². The molecule has 1 atom stereocenters. The Bertz CT molecular complexity index is 401. The third-order valence-corrected chi connectivity index (χ3v) is 3.11. The highest BCUT2D eigenvalue weighted by molar-refractivity contribution is 5.41. The molecule has 0 spiro atoms. The van der Waals surface area contributed by atoms with Crippen molar-refractivity contribution in [2.24, 2.45) is 5.73 Å². The van der Waals surface area contributed by atoms with Crippen LogP contribution in [0.2, 0.25) is 0 Å². The Labute approximate surface area is 105 Å². The second kappa shape index (κ2) is 7.11. The lowest BCUT2D eigenvalue weighted by atomic mass is 10.1. The zero-order valence-corrected chi connectivity index (χ0v) is 11.0. The Hall–Kier alpha value is -1.30. The standard InChI is InChI=1S/C15H22N2/c1-4-13(2)17(3)12-15-9-6-5-8-14(15)10-7-11-16/h5-6,8-9,13H,4,11-12,16H2,1-3H3. The number of nitrogens with zero attached hydrogens (tertiary/aromatic N) is 1. The summed E-state index contributed by atoms with van der Waals surface area (Å²) in [5, 5.41) is 0. The first-order valence-electron chi connectivity index (χ1n) is 6.16. The van der Waals surface area contributed by atoms with Crippen LogP contribution >= 0.6 is 0 Å². The zero-order chi connectivity index (χ0) is 12.7. The predicted octanol–water partition coefficient (Wildman–Crippen LogP) is 2.23. The lowest BCUT2D eigenvalue weighted by Crippen LogP contribution is -2.28. The Kier molecular flexibility index (Phi) is 5.76. The third-order valence-electron chi connectivity index (χ3n) is 3.11. The summed E-state index contributed by atoms with van der Waals surface area (Å²) >= 11 is 0. The van der Waals surface area contributed by atoms with Gasteiger partial charge in [-0.1, -0.05) is 37.0 Å². The summed E-state index contributed by atoms with van der Waals surface area (Å²) in [6.07, 6.45) is 1.16. The maximum Gasteiger partial charge on any atom is 0.0555 e. The molecule has 0 fully saturated rings. The van der Waals surface area contributed by atoms with E-state index in [0.29, 0.717) is 12.6 Å². The monoisotopic (exact) mass is 230 g/mol. The minimum atomic E-state index is 0.412. The van der Waals surface area contributed by atoms with Crippen molar-refractivity contribution < 1.29 is 0 Å². The molecule has 1 unspecified atom stereocenters. The van der Waals surface area contributed by atoms with Crippen molar-refractivity contribution in [3.63, 3.8) is 0 Å². The fourth-order valence-electron chi connectivity index (χ4n) is 1.66. The third kappa shape index (κ3) is 4.22. The highest BCUT2D eigenvalue weighted by atomic mass is 15.1. The predicted molar refractivity (Wildman–Crippen MR) is 73.6 cm³/mol. The Morgan fingerprint density at radius 3 is 2.71 bits per heavy atom. The van der Waals surface area contributed by atoms with E-state index in [9.17, 15) is 0 Å². The number of nitrogens with two attached hydrogens (primary N) is 1.